The normalized spacial score (nSPS) is 15.3. The average Bonchev–Trinajstić information content (AvgIpc) is 2.56. The van der Waals surface area contributed by atoms with E-state index in [0.29, 0.717) is 6.54 Å². The van der Waals surface area contributed by atoms with Crippen molar-refractivity contribution in [1.82, 2.24) is 4.98 Å². The van der Waals surface area contributed by atoms with Gasteiger partial charge in [0, 0.05) is 49.6 Å². The molecule has 2 aromatic rings. The van der Waals surface area contributed by atoms with Gasteiger partial charge in [0.1, 0.15) is 0 Å². The van der Waals surface area contributed by atoms with E-state index < -0.39 is 0 Å². The summed E-state index contributed by atoms with van der Waals surface area (Å²) in [5.41, 5.74) is 9.14. The van der Waals surface area contributed by atoms with Gasteiger partial charge in [0.2, 0.25) is 0 Å². The van der Waals surface area contributed by atoms with Gasteiger partial charge < -0.3 is 15.5 Å². The third kappa shape index (κ3) is 3.12. The Morgan fingerprint density at radius 3 is 2.33 bits per heavy atom. The lowest BCUT2D eigenvalue weighted by molar-refractivity contribution is 0.649. The van der Waals surface area contributed by atoms with E-state index >= 15 is 0 Å². The van der Waals surface area contributed by atoms with Crippen LogP contribution in [0.3, 0.4) is 0 Å². The molecule has 5 heteroatoms. The fourth-order valence-electron chi connectivity index (χ4n) is 2.73. The van der Waals surface area contributed by atoms with E-state index in [1.54, 1.807) is 6.20 Å². The zero-order valence-electron chi connectivity index (χ0n) is 11.9. The molecule has 1 aromatic carbocycles. The van der Waals surface area contributed by atoms with Gasteiger partial charge in [-0.3, -0.25) is 4.98 Å². The maximum atomic E-state index is 5.94. The quantitative estimate of drug-likeness (QED) is 0.946. The van der Waals surface area contributed by atoms with Crippen LogP contribution < -0.4 is 15.5 Å². The van der Waals surface area contributed by atoms with E-state index in [2.05, 4.69) is 33.0 Å². The van der Waals surface area contributed by atoms with E-state index in [1.165, 1.54) is 5.69 Å². The number of pyridine rings is 1. The smallest absolute Gasteiger partial charge is 0.0772 e. The molecular weight excluding hydrogens is 284 g/mol. The van der Waals surface area contributed by atoms with Crippen LogP contribution in [0.5, 0.6) is 0 Å². The van der Waals surface area contributed by atoms with Crippen molar-refractivity contribution in [1.29, 1.82) is 0 Å². The van der Waals surface area contributed by atoms with Crippen LogP contribution in [0.15, 0.2) is 42.6 Å². The molecular formula is C16H19ClN4. The number of rotatable bonds is 3. The molecule has 2 heterocycles. The van der Waals surface area contributed by atoms with Crippen molar-refractivity contribution in [3.63, 3.8) is 0 Å². The first kappa shape index (κ1) is 14.2. The molecule has 1 aliphatic heterocycles. The van der Waals surface area contributed by atoms with Crippen molar-refractivity contribution in [3.8, 4) is 0 Å². The van der Waals surface area contributed by atoms with E-state index in [-0.39, 0.29) is 0 Å². The van der Waals surface area contributed by atoms with Gasteiger partial charge in [-0.2, -0.15) is 0 Å². The van der Waals surface area contributed by atoms with Crippen LogP contribution in [0.2, 0.25) is 5.02 Å². The largest absolute Gasteiger partial charge is 0.368 e. The summed E-state index contributed by atoms with van der Waals surface area (Å²) in [7, 11) is 0. The Morgan fingerprint density at radius 2 is 1.67 bits per heavy atom. The topological polar surface area (TPSA) is 45.4 Å². The van der Waals surface area contributed by atoms with Crippen LogP contribution in [0.25, 0.3) is 0 Å². The molecule has 21 heavy (non-hydrogen) atoms. The van der Waals surface area contributed by atoms with Gasteiger partial charge in [-0.25, -0.2) is 0 Å². The van der Waals surface area contributed by atoms with Gasteiger partial charge in [0.25, 0.3) is 0 Å². The fraction of sp³-hybridized carbons (Fsp3) is 0.312. The first-order valence-electron chi connectivity index (χ1n) is 7.17. The lowest BCUT2D eigenvalue weighted by atomic mass is 10.2. The van der Waals surface area contributed by atoms with Crippen molar-refractivity contribution in [2.24, 2.45) is 5.73 Å². The summed E-state index contributed by atoms with van der Waals surface area (Å²) in [6.07, 6.45) is 1.80. The number of anilines is 2. The molecule has 1 saturated heterocycles. The Labute approximate surface area is 130 Å². The fourth-order valence-corrected chi connectivity index (χ4v) is 2.86. The lowest BCUT2D eigenvalue weighted by Crippen LogP contribution is -2.47. The van der Waals surface area contributed by atoms with E-state index in [4.69, 9.17) is 17.3 Å². The molecule has 0 spiro atoms. The number of halogens is 1. The average molecular weight is 303 g/mol. The van der Waals surface area contributed by atoms with Crippen LogP contribution in [0.4, 0.5) is 11.4 Å². The van der Waals surface area contributed by atoms with Crippen LogP contribution in [-0.4, -0.2) is 31.2 Å². The van der Waals surface area contributed by atoms with Crippen LogP contribution in [0.1, 0.15) is 5.69 Å². The van der Waals surface area contributed by atoms with E-state index in [9.17, 15) is 0 Å². The number of benzene rings is 1. The van der Waals surface area contributed by atoms with Crippen molar-refractivity contribution in [2.45, 2.75) is 6.54 Å². The second-order valence-electron chi connectivity index (χ2n) is 5.12. The summed E-state index contributed by atoms with van der Waals surface area (Å²) in [5.74, 6) is 0. The Hall–Kier alpha value is -1.78. The number of nitrogens with two attached hydrogens (primary N) is 1. The highest BCUT2D eigenvalue weighted by Crippen LogP contribution is 2.23. The Kier molecular flexibility index (Phi) is 4.27. The molecule has 0 amide bonds. The van der Waals surface area contributed by atoms with Crippen molar-refractivity contribution >= 4 is 23.0 Å². The van der Waals surface area contributed by atoms with Crippen molar-refractivity contribution in [2.75, 3.05) is 36.0 Å². The summed E-state index contributed by atoms with van der Waals surface area (Å²) in [6, 6.07) is 12.1. The summed E-state index contributed by atoms with van der Waals surface area (Å²) in [5, 5.41) is 0.778. The number of hydrogen-bond acceptors (Lipinski definition) is 4. The molecule has 0 saturated carbocycles. The molecule has 0 unspecified atom stereocenters. The minimum absolute atomic E-state index is 0.480. The number of piperazine rings is 1. The molecule has 1 aromatic heterocycles. The maximum Gasteiger partial charge on any atom is 0.0772 e. The molecule has 110 valence electrons. The van der Waals surface area contributed by atoms with Crippen LogP contribution in [0, 0.1) is 0 Å². The van der Waals surface area contributed by atoms with Crippen molar-refractivity contribution in [3.05, 3.63) is 53.3 Å². The zero-order chi connectivity index (χ0) is 14.7. The summed E-state index contributed by atoms with van der Waals surface area (Å²) in [4.78, 5) is 9.11. The molecule has 0 bridgehead atoms. The summed E-state index contributed by atoms with van der Waals surface area (Å²) < 4.78 is 0. The van der Waals surface area contributed by atoms with E-state index in [0.717, 1.165) is 42.6 Å². The first-order valence-corrected chi connectivity index (χ1v) is 7.55. The monoisotopic (exact) mass is 302 g/mol. The lowest BCUT2D eigenvalue weighted by Gasteiger charge is -2.37. The maximum absolute atomic E-state index is 5.94. The number of aromatic nitrogens is 1. The molecule has 0 radical (unpaired) electrons. The second-order valence-corrected chi connectivity index (χ2v) is 5.56. The molecule has 0 aliphatic carbocycles. The molecule has 2 N–H and O–H groups in total. The van der Waals surface area contributed by atoms with Crippen molar-refractivity contribution < 1.29 is 0 Å². The van der Waals surface area contributed by atoms with Gasteiger partial charge in [-0.05, 0) is 36.4 Å². The zero-order valence-corrected chi connectivity index (χ0v) is 12.6. The Bertz CT molecular complexity index is 591. The van der Waals surface area contributed by atoms with Gasteiger partial charge in [0.05, 0.1) is 11.4 Å². The van der Waals surface area contributed by atoms with E-state index in [1.807, 2.05) is 18.2 Å². The van der Waals surface area contributed by atoms with Gasteiger partial charge in [-0.15, -0.1) is 0 Å². The van der Waals surface area contributed by atoms with Gasteiger partial charge in [0.15, 0.2) is 0 Å². The Balaban J connectivity index is 1.69. The summed E-state index contributed by atoms with van der Waals surface area (Å²) in [6.45, 7) is 4.40. The molecule has 1 aliphatic rings. The molecule has 1 fully saturated rings. The summed E-state index contributed by atoms with van der Waals surface area (Å²) >= 11 is 5.94. The highest BCUT2D eigenvalue weighted by atomic mass is 35.5. The van der Waals surface area contributed by atoms with Crippen LogP contribution >= 0.6 is 11.6 Å². The highest BCUT2D eigenvalue weighted by molar-refractivity contribution is 6.30. The molecule has 3 rings (SSSR count). The van der Waals surface area contributed by atoms with Crippen LogP contribution in [-0.2, 0) is 6.54 Å². The minimum atomic E-state index is 0.480. The molecule has 0 atom stereocenters. The number of hydrogen-bond donors (Lipinski definition) is 1. The number of nitrogens with zero attached hydrogens (tertiary/aromatic N) is 3. The van der Waals surface area contributed by atoms with Gasteiger partial charge >= 0.3 is 0 Å². The minimum Gasteiger partial charge on any atom is -0.368 e. The predicted octanol–water partition coefficient (Wildman–Crippen LogP) is 2.52. The third-order valence-corrected chi connectivity index (χ3v) is 4.12. The standard InChI is InChI=1S/C16H19ClN4/c17-13-3-5-14(6-4-13)20-8-10-21(11-9-20)16-2-1-7-19-15(16)12-18/h1-7H,8-12,18H2. The highest BCUT2D eigenvalue weighted by Gasteiger charge is 2.19. The Morgan fingerprint density at radius 1 is 1.00 bits per heavy atom. The van der Waals surface area contributed by atoms with Gasteiger partial charge in [-0.1, -0.05) is 11.6 Å². The third-order valence-electron chi connectivity index (χ3n) is 3.87. The first-order chi connectivity index (χ1) is 10.3. The predicted molar refractivity (Wildman–Crippen MR) is 88.0 cm³/mol. The molecule has 4 nitrogen and oxygen atoms in total. The SMILES string of the molecule is NCc1ncccc1N1CCN(c2ccc(Cl)cc2)CC1. The second kappa shape index (κ2) is 6.33.